The van der Waals surface area contributed by atoms with Gasteiger partial charge in [-0.3, -0.25) is 9.59 Å². The highest BCUT2D eigenvalue weighted by Crippen LogP contribution is 2.18. The molecule has 0 bridgehead atoms. The van der Waals surface area contributed by atoms with Gasteiger partial charge in [0, 0.05) is 12.8 Å². The third-order valence-corrected chi connectivity index (χ3v) is 15.5. The Morgan fingerprint density at radius 3 is 1.01 bits per heavy atom. The van der Waals surface area contributed by atoms with Gasteiger partial charge < -0.3 is 20.3 Å². The molecule has 0 saturated carbocycles. The van der Waals surface area contributed by atoms with Gasteiger partial charge in [0.1, 0.15) is 0 Å². The van der Waals surface area contributed by atoms with E-state index in [-0.39, 0.29) is 18.5 Å². The van der Waals surface area contributed by atoms with Crippen LogP contribution in [0.25, 0.3) is 0 Å². The van der Waals surface area contributed by atoms with Gasteiger partial charge >= 0.3 is 5.97 Å². The van der Waals surface area contributed by atoms with E-state index in [1.807, 2.05) is 6.08 Å². The predicted octanol–water partition coefficient (Wildman–Crippen LogP) is 21.0. The molecule has 0 heterocycles. The first-order chi connectivity index (χ1) is 36.0. The second kappa shape index (κ2) is 62.9. The van der Waals surface area contributed by atoms with Crippen molar-refractivity contribution in [3.05, 3.63) is 24.3 Å². The van der Waals surface area contributed by atoms with E-state index in [1.165, 1.54) is 295 Å². The average molecular weight is 1030 g/mol. The van der Waals surface area contributed by atoms with Gasteiger partial charge in [-0.25, -0.2) is 0 Å². The van der Waals surface area contributed by atoms with E-state index >= 15 is 0 Å². The van der Waals surface area contributed by atoms with E-state index in [0.29, 0.717) is 19.4 Å². The Labute approximate surface area is 456 Å². The highest BCUT2D eigenvalue weighted by atomic mass is 16.5. The summed E-state index contributed by atoms with van der Waals surface area (Å²) in [4.78, 5) is 24.5. The van der Waals surface area contributed by atoms with Crippen molar-refractivity contribution in [2.75, 3.05) is 13.2 Å². The van der Waals surface area contributed by atoms with Crippen molar-refractivity contribution in [2.24, 2.45) is 0 Å². The summed E-state index contributed by atoms with van der Waals surface area (Å²) < 4.78 is 5.46. The van der Waals surface area contributed by atoms with E-state index in [0.717, 1.165) is 44.9 Å². The molecule has 0 fully saturated rings. The number of aliphatic hydroxyl groups is 2. The van der Waals surface area contributed by atoms with Gasteiger partial charge in [-0.05, 0) is 51.4 Å². The van der Waals surface area contributed by atoms with Gasteiger partial charge in [0.25, 0.3) is 0 Å². The first kappa shape index (κ1) is 71.3. The molecule has 2 unspecified atom stereocenters. The highest BCUT2D eigenvalue weighted by Gasteiger charge is 2.18. The molecular formula is C67H129NO5. The molecule has 0 aliphatic carbocycles. The summed E-state index contributed by atoms with van der Waals surface area (Å²) in [5, 5.41) is 23.3. The van der Waals surface area contributed by atoms with Crippen LogP contribution in [-0.2, 0) is 14.3 Å². The van der Waals surface area contributed by atoms with E-state index in [2.05, 4.69) is 31.3 Å². The Kier molecular flexibility index (Phi) is 61.4. The van der Waals surface area contributed by atoms with Crippen LogP contribution in [0.15, 0.2) is 24.3 Å². The summed E-state index contributed by atoms with van der Waals surface area (Å²) in [5.41, 5.74) is 0. The van der Waals surface area contributed by atoms with Crippen LogP contribution in [0.2, 0.25) is 0 Å². The van der Waals surface area contributed by atoms with Crippen molar-refractivity contribution < 1.29 is 24.5 Å². The Bertz CT molecular complexity index is 1140. The van der Waals surface area contributed by atoms with Crippen LogP contribution >= 0.6 is 0 Å². The zero-order valence-electron chi connectivity index (χ0n) is 49.4. The standard InChI is InChI=1S/C67H129NO5/c1-3-5-7-9-11-13-15-16-17-18-19-20-21-22-23-24-27-30-33-36-40-43-47-51-55-59-65(70)64(63-69)68-66(71)60-56-52-48-44-41-37-34-31-28-25-26-29-32-35-38-42-46-50-54-58-62-73-67(72)61-57-53-49-45-39-14-12-10-8-6-4-2/h10,12,55,59,64-65,69-70H,3-9,11,13-54,56-58,60-63H2,1-2H3,(H,68,71)/b12-10-,59-55+. The Morgan fingerprint density at radius 1 is 0.370 bits per heavy atom. The van der Waals surface area contributed by atoms with Gasteiger partial charge in [-0.2, -0.15) is 0 Å². The SMILES string of the molecule is CCCC/C=C\CCCCCCCC(=O)OCCCCCCCCCCCCCCCCCCCCCCC(=O)NC(CO)C(O)/C=C/CCCCCCCCCCCCCCCCCCCCCCCCC. The number of hydrogen-bond acceptors (Lipinski definition) is 5. The molecule has 3 N–H and O–H groups in total. The molecule has 0 aromatic carbocycles. The third kappa shape index (κ3) is 59.4. The second-order valence-electron chi connectivity index (χ2n) is 22.8. The van der Waals surface area contributed by atoms with Crippen LogP contribution in [0.3, 0.4) is 0 Å². The Morgan fingerprint density at radius 2 is 0.658 bits per heavy atom. The summed E-state index contributed by atoms with van der Waals surface area (Å²) in [6.45, 7) is 4.89. The summed E-state index contributed by atoms with van der Waals surface area (Å²) in [6, 6.07) is -0.631. The first-order valence-corrected chi connectivity index (χ1v) is 33.1. The largest absolute Gasteiger partial charge is 0.466 e. The zero-order valence-corrected chi connectivity index (χ0v) is 49.4. The molecule has 432 valence electrons. The molecule has 73 heavy (non-hydrogen) atoms. The monoisotopic (exact) mass is 1030 g/mol. The molecule has 0 rings (SSSR count). The Balaban J connectivity index is 3.43. The fourth-order valence-corrected chi connectivity index (χ4v) is 10.4. The van der Waals surface area contributed by atoms with Crippen molar-refractivity contribution in [1.82, 2.24) is 5.32 Å². The van der Waals surface area contributed by atoms with Crippen LogP contribution in [0.5, 0.6) is 0 Å². The number of rotatable bonds is 62. The van der Waals surface area contributed by atoms with Crippen molar-refractivity contribution in [3.8, 4) is 0 Å². The fourth-order valence-electron chi connectivity index (χ4n) is 10.4. The molecule has 0 radical (unpaired) electrons. The summed E-state index contributed by atoms with van der Waals surface area (Å²) in [5.74, 6) is -0.0664. The van der Waals surface area contributed by atoms with E-state index in [4.69, 9.17) is 4.74 Å². The van der Waals surface area contributed by atoms with Crippen molar-refractivity contribution >= 4 is 11.9 Å². The van der Waals surface area contributed by atoms with Gasteiger partial charge in [-0.15, -0.1) is 0 Å². The lowest BCUT2D eigenvalue weighted by molar-refractivity contribution is -0.143. The molecule has 6 nitrogen and oxygen atoms in total. The van der Waals surface area contributed by atoms with Crippen molar-refractivity contribution in [2.45, 2.75) is 379 Å². The number of unbranched alkanes of at least 4 members (excludes halogenated alkanes) is 49. The third-order valence-electron chi connectivity index (χ3n) is 15.5. The second-order valence-corrected chi connectivity index (χ2v) is 22.8. The number of nitrogens with one attached hydrogen (secondary N) is 1. The van der Waals surface area contributed by atoms with E-state index in [1.54, 1.807) is 6.08 Å². The molecule has 6 heteroatoms. The molecule has 0 aliphatic heterocycles. The molecule has 0 aliphatic rings. The minimum atomic E-state index is -0.847. The molecular weight excluding hydrogens is 899 g/mol. The maximum Gasteiger partial charge on any atom is 0.305 e. The molecule has 2 atom stereocenters. The van der Waals surface area contributed by atoms with E-state index in [9.17, 15) is 19.8 Å². The van der Waals surface area contributed by atoms with Crippen molar-refractivity contribution in [1.29, 1.82) is 0 Å². The molecule has 0 saturated heterocycles. The quantitative estimate of drug-likeness (QED) is 0.0320. The summed E-state index contributed by atoms with van der Waals surface area (Å²) in [7, 11) is 0. The fraction of sp³-hybridized carbons (Fsp3) is 0.910. The number of aliphatic hydroxyl groups excluding tert-OH is 2. The minimum absolute atomic E-state index is 0.000507. The average Bonchev–Trinajstić information content (AvgIpc) is 3.39. The summed E-state index contributed by atoms with van der Waals surface area (Å²) >= 11 is 0. The van der Waals surface area contributed by atoms with Crippen LogP contribution in [0.1, 0.15) is 367 Å². The molecule has 0 aromatic heterocycles. The topological polar surface area (TPSA) is 95.9 Å². The minimum Gasteiger partial charge on any atom is -0.466 e. The number of amides is 1. The number of allylic oxidation sites excluding steroid dienone is 3. The number of carbonyl (C=O) groups is 2. The van der Waals surface area contributed by atoms with Gasteiger partial charge in [-0.1, -0.05) is 327 Å². The lowest BCUT2D eigenvalue weighted by Gasteiger charge is -2.20. The van der Waals surface area contributed by atoms with Crippen LogP contribution in [0.4, 0.5) is 0 Å². The molecule has 1 amide bonds. The van der Waals surface area contributed by atoms with Gasteiger partial charge in [0.2, 0.25) is 5.91 Å². The number of hydrogen-bond donors (Lipinski definition) is 3. The Hall–Kier alpha value is -1.66. The van der Waals surface area contributed by atoms with E-state index < -0.39 is 12.1 Å². The molecule has 0 aromatic rings. The summed E-state index contributed by atoms with van der Waals surface area (Å²) in [6.07, 6.45) is 78.1. The predicted molar refractivity (Wildman–Crippen MR) is 320 cm³/mol. The smallest absolute Gasteiger partial charge is 0.305 e. The maximum atomic E-state index is 12.5. The van der Waals surface area contributed by atoms with Crippen LogP contribution in [-0.4, -0.2) is 47.4 Å². The van der Waals surface area contributed by atoms with Crippen LogP contribution in [0, 0.1) is 0 Å². The normalized spacial score (nSPS) is 12.7. The zero-order chi connectivity index (χ0) is 52.9. The number of esters is 1. The lowest BCUT2D eigenvalue weighted by atomic mass is 10.0. The van der Waals surface area contributed by atoms with Gasteiger partial charge in [0.05, 0.1) is 25.4 Å². The number of ether oxygens (including phenoxy) is 1. The van der Waals surface area contributed by atoms with Crippen molar-refractivity contribution in [3.63, 3.8) is 0 Å². The first-order valence-electron chi connectivity index (χ1n) is 33.1. The van der Waals surface area contributed by atoms with Crippen LogP contribution < -0.4 is 5.32 Å². The lowest BCUT2D eigenvalue weighted by Crippen LogP contribution is -2.45. The molecule has 0 spiro atoms. The van der Waals surface area contributed by atoms with Gasteiger partial charge in [0.15, 0.2) is 0 Å². The maximum absolute atomic E-state index is 12.5. The number of carbonyl (C=O) groups excluding carboxylic acids is 2. The highest BCUT2D eigenvalue weighted by molar-refractivity contribution is 5.76.